The lowest BCUT2D eigenvalue weighted by Crippen LogP contribution is -2.02. The molecule has 73 valence electrons. The highest BCUT2D eigenvalue weighted by molar-refractivity contribution is 6.10. The molecule has 0 unspecified atom stereocenters. The first-order valence-electron chi connectivity index (χ1n) is 4.80. The number of ketones is 1. The van der Waals surface area contributed by atoms with Crippen LogP contribution in [0.15, 0.2) is 54.6 Å². The molecule has 2 aromatic carbocycles. The van der Waals surface area contributed by atoms with E-state index in [0.717, 1.165) is 5.56 Å². The van der Waals surface area contributed by atoms with E-state index in [-0.39, 0.29) is 5.78 Å². The Labute approximate surface area is 89.4 Å². The third-order valence-corrected chi connectivity index (χ3v) is 2.30. The van der Waals surface area contributed by atoms with Gasteiger partial charge in [-0.1, -0.05) is 54.6 Å². The Balaban J connectivity index is 2.42. The lowest BCUT2D eigenvalue weighted by molar-refractivity contribution is 0.103. The van der Waals surface area contributed by atoms with Crippen molar-refractivity contribution in [3.63, 3.8) is 0 Å². The fraction of sp³-hybridized carbons (Fsp3) is 0. The van der Waals surface area contributed by atoms with Crippen LogP contribution in [0, 0.1) is 6.92 Å². The number of rotatable bonds is 2. The minimum absolute atomic E-state index is 0.0289. The fourth-order valence-corrected chi connectivity index (χ4v) is 1.49. The third kappa shape index (κ3) is 1.96. The summed E-state index contributed by atoms with van der Waals surface area (Å²) < 4.78 is 0. The van der Waals surface area contributed by atoms with Crippen molar-refractivity contribution in [3.05, 3.63) is 78.2 Å². The Bertz CT molecular complexity index is 472. The summed E-state index contributed by atoms with van der Waals surface area (Å²) in [5.74, 6) is 0.0289. The molecule has 1 heteroatoms. The van der Waals surface area contributed by atoms with E-state index in [4.69, 9.17) is 0 Å². The summed E-state index contributed by atoms with van der Waals surface area (Å²) in [4.78, 5) is 12.0. The monoisotopic (exact) mass is 195 g/mol. The van der Waals surface area contributed by atoms with Crippen LogP contribution in [-0.2, 0) is 0 Å². The molecule has 0 saturated heterocycles. The number of benzene rings is 2. The summed E-state index contributed by atoms with van der Waals surface area (Å²) in [6.45, 7) is 3.85. The first-order valence-corrected chi connectivity index (χ1v) is 4.80. The summed E-state index contributed by atoms with van der Waals surface area (Å²) in [6, 6.07) is 16.6. The topological polar surface area (TPSA) is 17.1 Å². The Morgan fingerprint density at radius 1 is 0.867 bits per heavy atom. The van der Waals surface area contributed by atoms with Crippen molar-refractivity contribution < 1.29 is 4.79 Å². The van der Waals surface area contributed by atoms with Gasteiger partial charge in [0.15, 0.2) is 5.78 Å². The van der Waals surface area contributed by atoms with Crippen molar-refractivity contribution in [2.75, 3.05) is 0 Å². The molecule has 1 radical (unpaired) electrons. The molecule has 1 nitrogen and oxygen atoms in total. The van der Waals surface area contributed by atoms with Gasteiger partial charge in [-0.05, 0) is 12.5 Å². The van der Waals surface area contributed by atoms with E-state index >= 15 is 0 Å². The molecule has 0 heterocycles. The van der Waals surface area contributed by atoms with Crippen LogP contribution in [0.1, 0.15) is 21.5 Å². The van der Waals surface area contributed by atoms with Crippen molar-refractivity contribution in [1.29, 1.82) is 0 Å². The highest BCUT2D eigenvalue weighted by atomic mass is 16.1. The fourth-order valence-electron chi connectivity index (χ4n) is 1.49. The summed E-state index contributed by atoms with van der Waals surface area (Å²) >= 11 is 0. The zero-order valence-electron chi connectivity index (χ0n) is 8.31. The molecular weight excluding hydrogens is 184 g/mol. The van der Waals surface area contributed by atoms with Crippen LogP contribution in [0.4, 0.5) is 0 Å². The number of hydrogen-bond acceptors (Lipinski definition) is 1. The average molecular weight is 195 g/mol. The standard InChI is InChI=1S/C14H11O/c1-11-7-5-6-10-13(11)14(15)12-8-3-2-4-9-12/h2-10H,1H2. The van der Waals surface area contributed by atoms with Gasteiger partial charge >= 0.3 is 0 Å². The molecule has 2 rings (SSSR count). The highest BCUT2D eigenvalue weighted by Crippen LogP contribution is 2.13. The van der Waals surface area contributed by atoms with E-state index in [9.17, 15) is 4.79 Å². The van der Waals surface area contributed by atoms with Crippen LogP contribution >= 0.6 is 0 Å². The highest BCUT2D eigenvalue weighted by Gasteiger charge is 2.09. The quantitative estimate of drug-likeness (QED) is 0.673. The number of carbonyl (C=O) groups is 1. The Morgan fingerprint density at radius 2 is 1.47 bits per heavy atom. The van der Waals surface area contributed by atoms with Crippen molar-refractivity contribution in [3.8, 4) is 0 Å². The van der Waals surface area contributed by atoms with Gasteiger partial charge in [-0.15, -0.1) is 0 Å². The van der Waals surface area contributed by atoms with Gasteiger partial charge in [-0.2, -0.15) is 0 Å². The molecule has 2 aromatic rings. The van der Waals surface area contributed by atoms with Gasteiger partial charge in [-0.3, -0.25) is 4.79 Å². The predicted molar refractivity (Wildman–Crippen MR) is 60.8 cm³/mol. The van der Waals surface area contributed by atoms with Gasteiger partial charge in [0, 0.05) is 11.1 Å². The second kappa shape index (κ2) is 4.09. The molecular formula is C14H11O. The van der Waals surface area contributed by atoms with Crippen LogP contribution in [0.5, 0.6) is 0 Å². The predicted octanol–water partition coefficient (Wildman–Crippen LogP) is 3.10. The van der Waals surface area contributed by atoms with E-state index in [1.807, 2.05) is 48.5 Å². The average Bonchev–Trinajstić information content (AvgIpc) is 2.30. The van der Waals surface area contributed by atoms with E-state index in [0.29, 0.717) is 11.1 Å². The van der Waals surface area contributed by atoms with Gasteiger partial charge in [-0.25, -0.2) is 0 Å². The smallest absolute Gasteiger partial charge is 0.193 e. The van der Waals surface area contributed by atoms with Gasteiger partial charge < -0.3 is 0 Å². The van der Waals surface area contributed by atoms with E-state index in [1.54, 1.807) is 6.07 Å². The number of carbonyl (C=O) groups excluding carboxylic acids is 1. The van der Waals surface area contributed by atoms with Gasteiger partial charge in [0.1, 0.15) is 0 Å². The molecule has 0 fully saturated rings. The zero-order valence-corrected chi connectivity index (χ0v) is 8.31. The molecule has 0 atom stereocenters. The third-order valence-electron chi connectivity index (χ3n) is 2.30. The van der Waals surface area contributed by atoms with Gasteiger partial charge in [0.05, 0.1) is 0 Å². The van der Waals surface area contributed by atoms with Crippen molar-refractivity contribution in [1.82, 2.24) is 0 Å². The molecule has 0 bridgehead atoms. The summed E-state index contributed by atoms with van der Waals surface area (Å²) in [6.07, 6.45) is 0. The molecule has 0 aliphatic heterocycles. The van der Waals surface area contributed by atoms with Crippen molar-refractivity contribution >= 4 is 5.78 Å². The molecule has 0 N–H and O–H groups in total. The largest absolute Gasteiger partial charge is 0.289 e. The van der Waals surface area contributed by atoms with Crippen molar-refractivity contribution in [2.24, 2.45) is 0 Å². The first kappa shape index (κ1) is 9.66. The summed E-state index contributed by atoms with van der Waals surface area (Å²) in [5, 5.41) is 0. The van der Waals surface area contributed by atoms with E-state index in [1.165, 1.54) is 0 Å². The second-order valence-electron chi connectivity index (χ2n) is 3.35. The van der Waals surface area contributed by atoms with E-state index < -0.39 is 0 Å². The molecule has 0 aliphatic rings. The first-order chi connectivity index (χ1) is 7.29. The normalized spacial score (nSPS) is 9.93. The SMILES string of the molecule is [CH2]c1ccccc1C(=O)c1ccccc1. The summed E-state index contributed by atoms with van der Waals surface area (Å²) in [5.41, 5.74) is 2.14. The Morgan fingerprint density at radius 3 is 2.13 bits per heavy atom. The zero-order chi connectivity index (χ0) is 10.7. The van der Waals surface area contributed by atoms with E-state index in [2.05, 4.69) is 6.92 Å². The minimum atomic E-state index is 0.0289. The van der Waals surface area contributed by atoms with Crippen LogP contribution in [0.2, 0.25) is 0 Å². The minimum Gasteiger partial charge on any atom is -0.289 e. The lowest BCUT2D eigenvalue weighted by atomic mass is 9.99. The lowest BCUT2D eigenvalue weighted by Gasteiger charge is -2.03. The molecule has 0 aliphatic carbocycles. The van der Waals surface area contributed by atoms with Crippen LogP contribution in [0.3, 0.4) is 0 Å². The molecule has 0 spiro atoms. The van der Waals surface area contributed by atoms with Gasteiger partial charge in [0.25, 0.3) is 0 Å². The maximum absolute atomic E-state index is 12.0. The van der Waals surface area contributed by atoms with Crippen molar-refractivity contribution in [2.45, 2.75) is 0 Å². The van der Waals surface area contributed by atoms with Gasteiger partial charge in [0.2, 0.25) is 0 Å². The summed E-state index contributed by atoms with van der Waals surface area (Å²) in [7, 11) is 0. The number of hydrogen-bond donors (Lipinski definition) is 0. The Kier molecular flexibility index (Phi) is 2.64. The molecule has 15 heavy (non-hydrogen) atoms. The second-order valence-corrected chi connectivity index (χ2v) is 3.35. The van der Waals surface area contributed by atoms with Crippen LogP contribution < -0.4 is 0 Å². The maximum Gasteiger partial charge on any atom is 0.193 e. The Hall–Kier alpha value is -1.89. The molecule has 0 amide bonds. The maximum atomic E-state index is 12.0. The molecule has 0 aromatic heterocycles. The van der Waals surface area contributed by atoms with Crippen LogP contribution in [0.25, 0.3) is 0 Å². The van der Waals surface area contributed by atoms with Crippen LogP contribution in [-0.4, -0.2) is 5.78 Å². The molecule has 0 saturated carbocycles.